The first-order chi connectivity index (χ1) is 10.8. The van der Waals surface area contributed by atoms with Gasteiger partial charge in [-0.1, -0.05) is 44.2 Å². The molecule has 0 saturated heterocycles. The fraction of sp³-hybridized carbons (Fsp3) is 0.400. The van der Waals surface area contributed by atoms with E-state index in [1.54, 1.807) is 19.1 Å². The van der Waals surface area contributed by atoms with Crippen molar-refractivity contribution in [3.63, 3.8) is 0 Å². The second kappa shape index (κ2) is 7.18. The first kappa shape index (κ1) is 17.6. The largest absolute Gasteiger partial charge is 0.296 e. The third-order valence-electron chi connectivity index (χ3n) is 3.09. The molecule has 0 aliphatic heterocycles. The Morgan fingerprint density at radius 2 is 1.96 bits per heavy atom. The van der Waals surface area contributed by atoms with E-state index in [0.29, 0.717) is 11.6 Å². The predicted octanol–water partition coefficient (Wildman–Crippen LogP) is 3.10. The summed E-state index contributed by atoms with van der Waals surface area (Å²) in [5, 5.41) is 11.7. The Morgan fingerprint density at radius 1 is 1.26 bits per heavy atom. The topological polar surface area (TPSA) is 89.0 Å². The monoisotopic (exact) mass is 353 g/mol. The quantitative estimate of drug-likeness (QED) is 0.862. The third-order valence-corrected chi connectivity index (χ3v) is 6.21. The van der Waals surface area contributed by atoms with Gasteiger partial charge in [-0.15, -0.1) is 10.2 Å². The van der Waals surface area contributed by atoms with Gasteiger partial charge in [0.15, 0.2) is 9.84 Å². The summed E-state index contributed by atoms with van der Waals surface area (Å²) in [5.74, 6) is -0.268. The lowest BCUT2D eigenvalue weighted by atomic mass is 10.2. The number of amides is 1. The molecule has 0 unspecified atom stereocenters. The molecule has 0 radical (unpaired) electrons. The van der Waals surface area contributed by atoms with Gasteiger partial charge in [-0.25, -0.2) is 8.42 Å². The minimum absolute atomic E-state index is 0.00754. The summed E-state index contributed by atoms with van der Waals surface area (Å²) in [6.45, 7) is 5.76. The van der Waals surface area contributed by atoms with Crippen LogP contribution in [0.4, 0.5) is 5.13 Å². The lowest BCUT2D eigenvalue weighted by Gasteiger charge is -2.09. The number of carbonyl (C=O) groups is 1. The van der Waals surface area contributed by atoms with Crippen LogP contribution in [-0.4, -0.2) is 30.3 Å². The van der Waals surface area contributed by atoms with Crippen LogP contribution in [0.3, 0.4) is 0 Å². The van der Waals surface area contributed by atoms with Gasteiger partial charge in [-0.05, 0) is 18.6 Å². The summed E-state index contributed by atoms with van der Waals surface area (Å²) in [7, 11) is -3.48. The normalized spacial score (nSPS) is 11.7. The number of hydrogen-bond donors (Lipinski definition) is 1. The number of rotatable bonds is 6. The minimum atomic E-state index is -3.48. The van der Waals surface area contributed by atoms with Gasteiger partial charge >= 0.3 is 0 Å². The highest BCUT2D eigenvalue weighted by molar-refractivity contribution is 7.91. The van der Waals surface area contributed by atoms with E-state index >= 15 is 0 Å². The molecule has 1 amide bonds. The molecule has 0 atom stereocenters. The average molecular weight is 353 g/mol. The van der Waals surface area contributed by atoms with Gasteiger partial charge in [0, 0.05) is 5.92 Å². The molecule has 1 aromatic carbocycles. The maximum atomic E-state index is 12.4. The van der Waals surface area contributed by atoms with Crippen LogP contribution in [0, 0.1) is 0 Å². The number of nitrogens with one attached hydrogen (secondary N) is 1. The van der Waals surface area contributed by atoms with Gasteiger partial charge in [-0.2, -0.15) is 0 Å². The van der Waals surface area contributed by atoms with Crippen LogP contribution in [0.5, 0.6) is 0 Å². The maximum absolute atomic E-state index is 12.4. The molecular formula is C15H19N3O3S2. The van der Waals surface area contributed by atoms with Crippen LogP contribution in [0.1, 0.15) is 48.5 Å². The number of aromatic nitrogens is 2. The van der Waals surface area contributed by atoms with Crippen molar-refractivity contribution < 1.29 is 13.2 Å². The molecule has 1 heterocycles. The van der Waals surface area contributed by atoms with Crippen molar-refractivity contribution in [2.24, 2.45) is 0 Å². The van der Waals surface area contributed by atoms with Crippen LogP contribution in [0.25, 0.3) is 0 Å². The molecule has 6 nitrogen and oxygen atoms in total. The van der Waals surface area contributed by atoms with Gasteiger partial charge in [0.05, 0.1) is 16.2 Å². The standard InChI is InChI=1S/C15H19N3O3S2/c1-4-9-23(20,21)12-8-6-5-7-11(12)13(19)16-15-18-17-14(22-15)10(2)3/h5-8,10H,4,9H2,1-3H3,(H,16,18,19). The van der Waals surface area contributed by atoms with Crippen LogP contribution in [0.15, 0.2) is 29.2 Å². The number of hydrogen-bond acceptors (Lipinski definition) is 6. The van der Waals surface area contributed by atoms with Crippen molar-refractivity contribution in [1.82, 2.24) is 10.2 Å². The minimum Gasteiger partial charge on any atom is -0.296 e. The fourth-order valence-electron chi connectivity index (χ4n) is 1.99. The SMILES string of the molecule is CCCS(=O)(=O)c1ccccc1C(=O)Nc1nnc(C(C)C)s1. The van der Waals surface area contributed by atoms with Crippen molar-refractivity contribution in [2.75, 3.05) is 11.1 Å². The molecule has 2 rings (SSSR count). The van der Waals surface area contributed by atoms with Gasteiger partial charge in [0.1, 0.15) is 5.01 Å². The Labute approximate surface area is 139 Å². The molecule has 1 N–H and O–H groups in total. The van der Waals surface area contributed by atoms with E-state index in [4.69, 9.17) is 0 Å². The molecule has 0 saturated carbocycles. The van der Waals surface area contributed by atoms with E-state index in [1.807, 2.05) is 13.8 Å². The number of anilines is 1. The molecule has 124 valence electrons. The Morgan fingerprint density at radius 3 is 2.57 bits per heavy atom. The second-order valence-corrected chi connectivity index (χ2v) is 8.46. The number of carbonyl (C=O) groups excluding carboxylic acids is 1. The van der Waals surface area contributed by atoms with Crippen LogP contribution < -0.4 is 5.32 Å². The van der Waals surface area contributed by atoms with E-state index in [9.17, 15) is 13.2 Å². The highest BCUT2D eigenvalue weighted by Gasteiger charge is 2.22. The highest BCUT2D eigenvalue weighted by atomic mass is 32.2. The molecule has 0 bridgehead atoms. The summed E-state index contributed by atoms with van der Waals surface area (Å²) >= 11 is 1.28. The fourth-order valence-corrected chi connectivity index (χ4v) is 4.27. The van der Waals surface area contributed by atoms with Crippen molar-refractivity contribution >= 4 is 32.2 Å². The molecule has 0 fully saturated rings. The molecule has 0 aliphatic rings. The van der Waals surface area contributed by atoms with Gasteiger partial charge in [-0.3, -0.25) is 10.1 Å². The van der Waals surface area contributed by atoms with Crippen molar-refractivity contribution in [3.05, 3.63) is 34.8 Å². The van der Waals surface area contributed by atoms with E-state index in [-0.39, 0.29) is 22.1 Å². The van der Waals surface area contributed by atoms with Crippen LogP contribution in [0.2, 0.25) is 0 Å². The zero-order chi connectivity index (χ0) is 17.0. The molecule has 8 heteroatoms. The van der Waals surface area contributed by atoms with Crippen LogP contribution >= 0.6 is 11.3 Å². The Kier molecular flexibility index (Phi) is 5.48. The van der Waals surface area contributed by atoms with E-state index in [0.717, 1.165) is 5.01 Å². The zero-order valence-corrected chi connectivity index (χ0v) is 14.9. The van der Waals surface area contributed by atoms with Crippen LogP contribution in [-0.2, 0) is 9.84 Å². The third kappa shape index (κ3) is 4.14. The molecule has 0 aliphatic carbocycles. The average Bonchev–Trinajstić information content (AvgIpc) is 2.96. The zero-order valence-electron chi connectivity index (χ0n) is 13.2. The summed E-state index contributed by atoms with van der Waals surface area (Å²) < 4.78 is 24.6. The Balaban J connectivity index is 2.29. The molecule has 2 aromatic rings. The predicted molar refractivity (Wildman–Crippen MR) is 90.7 cm³/mol. The first-order valence-electron chi connectivity index (χ1n) is 7.31. The Hall–Kier alpha value is -1.80. The highest BCUT2D eigenvalue weighted by Crippen LogP contribution is 2.24. The summed E-state index contributed by atoms with van der Waals surface area (Å²) in [6, 6.07) is 6.21. The van der Waals surface area contributed by atoms with Crippen molar-refractivity contribution in [3.8, 4) is 0 Å². The first-order valence-corrected chi connectivity index (χ1v) is 9.78. The molecule has 23 heavy (non-hydrogen) atoms. The summed E-state index contributed by atoms with van der Waals surface area (Å²) in [6.07, 6.45) is 0.492. The molecule has 1 aromatic heterocycles. The molecule has 0 spiro atoms. The van der Waals surface area contributed by atoms with E-state index in [2.05, 4.69) is 15.5 Å². The van der Waals surface area contributed by atoms with Crippen molar-refractivity contribution in [1.29, 1.82) is 0 Å². The lowest BCUT2D eigenvalue weighted by Crippen LogP contribution is -2.17. The number of sulfone groups is 1. The number of nitrogens with zero attached hydrogens (tertiary/aromatic N) is 2. The number of benzene rings is 1. The van der Waals surface area contributed by atoms with E-state index in [1.165, 1.54) is 23.5 Å². The van der Waals surface area contributed by atoms with E-state index < -0.39 is 15.7 Å². The van der Waals surface area contributed by atoms with Gasteiger partial charge in [0.25, 0.3) is 5.91 Å². The summed E-state index contributed by atoms with van der Waals surface area (Å²) in [4.78, 5) is 12.5. The smallest absolute Gasteiger partial charge is 0.258 e. The second-order valence-electron chi connectivity index (χ2n) is 5.37. The summed E-state index contributed by atoms with van der Waals surface area (Å²) in [5.41, 5.74) is 0.127. The van der Waals surface area contributed by atoms with Crippen molar-refractivity contribution in [2.45, 2.75) is 38.0 Å². The van der Waals surface area contributed by atoms with Gasteiger partial charge < -0.3 is 0 Å². The molecular weight excluding hydrogens is 334 g/mol. The Bertz CT molecular complexity index is 798. The van der Waals surface area contributed by atoms with Gasteiger partial charge in [0.2, 0.25) is 5.13 Å². The maximum Gasteiger partial charge on any atom is 0.258 e. The lowest BCUT2D eigenvalue weighted by molar-refractivity contribution is 0.102.